The predicted octanol–water partition coefficient (Wildman–Crippen LogP) is 2.84. The van der Waals surface area contributed by atoms with Gasteiger partial charge in [0, 0.05) is 43.3 Å². The van der Waals surface area contributed by atoms with Crippen molar-refractivity contribution in [3.63, 3.8) is 0 Å². The summed E-state index contributed by atoms with van der Waals surface area (Å²) in [4.78, 5) is 2.15. The smallest absolute Gasteiger partial charge is 0.275 e. The van der Waals surface area contributed by atoms with Crippen LogP contribution in [0.1, 0.15) is 19.4 Å². The van der Waals surface area contributed by atoms with Gasteiger partial charge in [-0.25, -0.2) is 8.78 Å². The summed E-state index contributed by atoms with van der Waals surface area (Å²) in [6, 6.07) is 6.78. The van der Waals surface area contributed by atoms with Gasteiger partial charge in [0.1, 0.15) is 0 Å². The zero-order chi connectivity index (χ0) is 13.2. The maximum Gasteiger partial charge on any atom is 0.275 e. The van der Waals surface area contributed by atoms with Crippen molar-refractivity contribution in [2.45, 2.75) is 19.8 Å². The van der Waals surface area contributed by atoms with Gasteiger partial charge in [-0.05, 0) is 12.1 Å². The van der Waals surface area contributed by atoms with Crippen LogP contribution >= 0.6 is 0 Å². The highest BCUT2D eigenvalue weighted by Crippen LogP contribution is 2.37. The van der Waals surface area contributed by atoms with Crippen LogP contribution in [0.15, 0.2) is 24.3 Å². The van der Waals surface area contributed by atoms with E-state index in [1.807, 2.05) is 6.07 Å². The maximum absolute atomic E-state index is 14.0. The summed E-state index contributed by atoms with van der Waals surface area (Å²) in [5.41, 5.74) is 1.02. The van der Waals surface area contributed by atoms with E-state index in [1.165, 1.54) is 6.07 Å². The fourth-order valence-corrected chi connectivity index (χ4v) is 2.17. The van der Waals surface area contributed by atoms with Gasteiger partial charge in [0.05, 0.1) is 0 Å². The Morgan fingerprint density at radius 2 is 1.89 bits per heavy atom. The SMILES string of the molecule is CC(C)C(F)(F)c1cccc(N2CCNCC2)c1. The third-order valence-electron chi connectivity index (χ3n) is 3.44. The minimum Gasteiger partial charge on any atom is -0.369 e. The van der Waals surface area contributed by atoms with Gasteiger partial charge in [0.2, 0.25) is 0 Å². The van der Waals surface area contributed by atoms with Gasteiger partial charge in [0.25, 0.3) is 5.92 Å². The molecule has 18 heavy (non-hydrogen) atoms. The number of hydrogen-bond acceptors (Lipinski definition) is 2. The first-order valence-electron chi connectivity index (χ1n) is 6.46. The quantitative estimate of drug-likeness (QED) is 0.892. The third kappa shape index (κ3) is 2.64. The third-order valence-corrected chi connectivity index (χ3v) is 3.44. The van der Waals surface area contributed by atoms with E-state index in [0.717, 1.165) is 31.9 Å². The minimum absolute atomic E-state index is 0.119. The summed E-state index contributed by atoms with van der Waals surface area (Å²) in [6.07, 6.45) is 0. The summed E-state index contributed by atoms with van der Waals surface area (Å²) in [6.45, 7) is 6.66. The van der Waals surface area contributed by atoms with Crippen LogP contribution in [0.4, 0.5) is 14.5 Å². The summed E-state index contributed by atoms with van der Waals surface area (Å²) >= 11 is 0. The average Bonchev–Trinajstić information content (AvgIpc) is 2.40. The molecule has 1 N–H and O–H groups in total. The summed E-state index contributed by atoms with van der Waals surface area (Å²) in [5.74, 6) is -3.44. The lowest BCUT2D eigenvalue weighted by Gasteiger charge is -2.30. The van der Waals surface area contributed by atoms with Crippen LogP contribution in [-0.2, 0) is 5.92 Å². The number of hydrogen-bond donors (Lipinski definition) is 1. The highest BCUT2D eigenvalue weighted by molar-refractivity contribution is 5.50. The summed E-state index contributed by atoms with van der Waals surface area (Å²) in [5, 5.41) is 3.26. The van der Waals surface area contributed by atoms with E-state index in [1.54, 1.807) is 26.0 Å². The molecule has 0 spiro atoms. The van der Waals surface area contributed by atoms with Gasteiger partial charge >= 0.3 is 0 Å². The fourth-order valence-electron chi connectivity index (χ4n) is 2.17. The zero-order valence-electron chi connectivity index (χ0n) is 10.9. The first kappa shape index (κ1) is 13.3. The second-order valence-corrected chi connectivity index (χ2v) is 5.07. The van der Waals surface area contributed by atoms with Crippen LogP contribution in [-0.4, -0.2) is 26.2 Å². The molecule has 0 aromatic heterocycles. The van der Waals surface area contributed by atoms with E-state index in [4.69, 9.17) is 0 Å². The largest absolute Gasteiger partial charge is 0.369 e. The number of benzene rings is 1. The molecule has 0 saturated carbocycles. The van der Waals surface area contributed by atoms with Crippen molar-refractivity contribution in [3.05, 3.63) is 29.8 Å². The Kier molecular flexibility index (Phi) is 3.85. The van der Waals surface area contributed by atoms with Crippen LogP contribution in [0, 0.1) is 5.92 Å². The minimum atomic E-state index is -2.76. The first-order valence-corrected chi connectivity index (χ1v) is 6.46. The normalized spacial score (nSPS) is 17.3. The van der Waals surface area contributed by atoms with Crippen LogP contribution in [0.3, 0.4) is 0 Å². The first-order chi connectivity index (χ1) is 8.51. The van der Waals surface area contributed by atoms with Crippen molar-refractivity contribution in [3.8, 4) is 0 Å². The van der Waals surface area contributed by atoms with Crippen molar-refractivity contribution in [2.75, 3.05) is 31.1 Å². The van der Waals surface area contributed by atoms with Crippen molar-refractivity contribution in [1.29, 1.82) is 0 Å². The van der Waals surface area contributed by atoms with Crippen molar-refractivity contribution in [2.24, 2.45) is 5.92 Å². The molecule has 100 valence electrons. The molecule has 0 atom stereocenters. The molecule has 0 bridgehead atoms. The highest BCUT2D eigenvalue weighted by Gasteiger charge is 2.35. The fraction of sp³-hybridized carbons (Fsp3) is 0.571. The number of nitrogens with zero attached hydrogens (tertiary/aromatic N) is 1. The molecule has 2 rings (SSSR count). The molecular formula is C14H20F2N2. The molecule has 1 fully saturated rings. The Morgan fingerprint density at radius 3 is 2.50 bits per heavy atom. The van der Waals surface area contributed by atoms with Gasteiger partial charge in [-0.3, -0.25) is 0 Å². The number of rotatable bonds is 3. The average molecular weight is 254 g/mol. The Hall–Kier alpha value is -1.16. The molecule has 0 unspecified atom stereocenters. The van der Waals surface area contributed by atoms with E-state index in [2.05, 4.69) is 10.2 Å². The number of anilines is 1. The molecule has 0 radical (unpaired) electrons. The second-order valence-electron chi connectivity index (χ2n) is 5.07. The molecule has 1 saturated heterocycles. The number of piperazine rings is 1. The van der Waals surface area contributed by atoms with E-state index in [9.17, 15) is 8.78 Å². The van der Waals surface area contributed by atoms with Crippen LogP contribution < -0.4 is 10.2 Å². The van der Waals surface area contributed by atoms with Crippen LogP contribution in [0.25, 0.3) is 0 Å². The molecule has 4 heteroatoms. The van der Waals surface area contributed by atoms with Gasteiger partial charge < -0.3 is 10.2 Å². The van der Waals surface area contributed by atoms with E-state index in [-0.39, 0.29) is 5.56 Å². The lowest BCUT2D eigenvalue weighted by molar-refractivity contribution is -0.0513. The molecule has 1 aliphatic rings. The molecule has 0 amide bonds. The second kappa shape index (κ2) is 5.22. The van der Waals surface area contributed by atoms with Crippen LogP contribution in [0.5, 0.6) is 0 Å². The topological polar surface area (TPSA) is 15.3 Å². The molecule has 1 aromatic rings. The van der Waals surface area contributed by atoms with Crippen LogP contribution in [0.2, 0.25) is 0 Å². The van der Waals surface area contributed by atoms with Crippen molar-refractivity contribution in [1.82, 2.24) is 5.32 Å². The molecule has 1 aromatic carbocycles. The lowest BCUT2D eigenvalue weighted by Crippen LogP contribution is -2.43. The highest BCUT2D eigenvalue weighted by atomic mass is 19.3. The van der Waals surface area contributed by atoms with Crippen molar-refractivity contribution < 1.29 is 8.78 Å². The lowest BCUT2D eigenvalue weighted by atomic mass is 9.97. The standard InChI is InChI=1S/C14H20F2N2/c1-11(2)14(15,16)12-4-3-5-13(10-12)18-8-6-17-7-9-18/h3-5,10-11,17H,6-9H2,1-2H3. The molecule has 1 heterocycles. The number of alkyl halides is 2. The maximum atomic E-state index is 14.0. The van der Waals surface area contributed by atoms with Crippen molar-refractivity contribution >= 4 is 5.69 Å². The molecule has 1 aliphatic heterocycles. The zero-order valence-corrected chi connectivity index (χ0v) is 10.9. The molecular weight excluding hydrogens is 234 g/mol. The monoisotopic (exact) mass is 254 g/mol. The predicted molar refractivity (Wildman–Crippen MR) is 70.3 cm³/mol. The Bertz CT molecular complexity index is 399. The van der Waals surface area contributed by atoms with E-state index in [0.29, 0.717) is 0 Å². The summed E-state index contributed by atoms with van der Waals surface area (Å²) in [7, 11) is 0. The number of nitrogens with one attached hydrogen (secondary N) is 1. The summed E-state index contributed by atoms with van der Waals surface area (Å²) < 4.78 is 28.0. The molecule has 2 nitrogen and oxygen atoms in total. The number of halogens is 2. The van der Waals surface area contributed by atoms with E-state index >= 15 is 0 Å². The van der Waals surface area contributed by atoms with Gasteiger partial charge in [-0.1, -0.05) is 26.0 Å². The Morgan fingerprint density at radius 1 is 1.22 bits per heavy atom. The Labute approximate surface area is 107 Å². The Balaban J connectivity index is 2.24. The van der Waals surface area contributed by atoms with Gasteiger partial charge in [0.15, 0.2) is 0 Å². The van der Waals surface area contributed by atoms with Gasteiger partial charge in [-0.2, -0.15) is 0 Å². The van der Waals surface area contributed by atoms with Gasteiger partial charge in [-0.15, -0.1) is 0 Å². The molecule has 0 aliphatic carbocycles. The van der Waals surface area contributed by atoms with E-state index < -0.39 is 11.8 Å².